The predicted octanol–water partition coefficient (Wildman–Crippen LogP) is 4.28. The van der Waals surface area contributed by atoms with E-state index in [2.05, 4.69) is 18.2 Å². The molecule has 0 radical (unpaired) electrons. The second kappa shape index (κ2) is 3.75. The average Bonchev–Trinajstić information content (AvgIpc) is 2.75. The smallest absolute Gasteiger partial charge is 0.126 e. The summed E-state index contributed by atoms with van der Waals surface area (Å²) in [6.07, 6.45) is 7.50. The van der Waals surface area contributed by atoms with E-state index in [0.717, 1.165) is 18.4 Å². The fraction of sp³-hybridized carbons (Fsp3) is 0.200. The molecule has 2 aliphatic rings. The van der Waals surface area contributed by atoms with Crippen LogP contribution < -0.4 is 0 Å². The molecular formula is C15H13F. The first-order valence-corrected chi connectivity index (χ1v) is 5.67. The second-order valence-electron chi connectivity index (χ2n) is 4.30. The Morgan fingerprint density at radius 2 is 1.94 bits per heavy atom. The minimum Gasteiger partial charge on any atom is -0.207 e. The van der Waals surface area contributed by atoms with Gasteiger partial charge in [-0.25, -0.2) is 4.39 Å². The lowest BCUT2D eigenvalue weighted by atomic mass is 9.87. The predicted molar refractivity (Wildman–Crippen MR) is 63.8 cm³/mol. The van der Waals surface area contributed by atoms with E-state index < -0.39 is 0 Å². The molecule has 0 bridgehead atoms. The van der Waals surface area contributed by atoms with Crippen LogP contribution >= 0.6 is 0 Å². The monoisotopic (exact) mass is 212 g/mol. The van der Waals surface area contributed by atoms with Crippen LogP contribution in [0.1, 0.15) is 24.3 Å². The van der Waals surface area contributed by atoms with Gasteiger partial charge in [0.15, 0.2) is 0 Å². The van der Waals surface area contributed by atoms with Crippen molar-refractivity contribution in [3.05, 3.63) is 71.1 Å². The van der Waals surface area contributed by atoms with Gasteiger partial charge in [-0.15, -0.1) is 0 Å². The molecule has 0 aromatic heterocycles. The zero-order valence-electron chi connectivity index (χ0n) is 8.99. The van der Waals surface area contributed by atoms with Gasteiger partial charge in [-0.2, -0.15) is 0 Å². The maximum absolute atomic E-state index is 13.8. The summed E-state index contributed by atoms with van der Waals surface area (Å²) in [5.41, 5.74) is 3.30. The molecule has 0 heterocycles. The van der Waals surface area contributed by atoms with Gasteiger partial charge >= 0.3 is 0 Å². The third-order valence-electron chi connectivity index (χ3n) is 3.36. The van der Waals surface area contributed by atoms with Crippen LogP contribution in [0.5, 0.6) is 0 Å². The Morgan fingerprint density at radius 1 is 1.12 bits per heavy atom. The van der Waals surface area contributed by atoms with E-state index in [1.807, 2.05) is 24.3 Å². The number of halogens is 1. The third-order valence-corrected chi connectivity index (χ3v) is 3.36. The van der Waals surface area contributed by atoms with Gasteiger partial charge < -0.3 is 0 Å². The minimum atomic E-state index is -0.0520. The highest BCUT2D eigenvalue weighted by molar-refractivity contribution is 5.52. The van der Waals surface area contributed by atoms with Crippen molar-refractivity contribution in [2.24, 2.45) is 0 Å². The van der Waals surface area contributed by atoms with Crippen LogP contribution in [0.3, 0.4) is 0 Å². The van der Waals surface area contributed by atoms with Crippen molar-refractivity contribution in [1.82, 2.24) is 0 Å². The van der Waals surface area contributed by atoms with Gasteiger partial charge in [-0.1, -0.05) is 42.5 Å². The summed E-state index contributed by atoms with van der Waals surface area (Å²) in [5.74, 6) is 0.171. The normalized spacial score (nSPS) is 23.3. The number of rotatable bonds is 1. The number of hydrogen-bond donors (Lipinski definition) is 0. The number of benzene rings is 1. The Hall–Kier alpha value is -1.63. The van der Waals surface area contributed by atoms with Gasteiger partial charge in [0.25, 0.3) is 0 Å². The van der Waals surface area contributed by atoms with Crippen molar-refractivity contribution in [3.8, 4) is 0 Å². The van der Waals surface area contributed by atoms with Gasteiger partial charge in [0.2, 0.25) is 0 Å². The Balaban J connectivity index is 2.04. The first-order chi connectivity index (χ1) is 7.86. The second-order valence-corrected chi connectivity index (χ2v) is 4.30. The van der Waals surface area contributed by atoms with E-state index >= 15 is 0 Å². The first kappa shape index (κ1) is 9.59. The minimum absolute atomic E-state index is 0.0520. The van der Waals surface area contributed by atoms with Crippen molar-refractivity contribution in [2.45, 2.75) is 18.8 Å². The molecule has 1 heteroatoms. The Kier molecular flexibility index (Phi) is 2.24. The molecule has 1 unspecified atom stereocenters. The van der Waals surface area contributed by atoms with Crippen molar-refractivity contribution < 1.29 is 4.39 Å². The van der Waals surface area contributed by atoms with Crippen LogP contribution in [0.25, 0.3) is 0 Å². The van der Waals surface area contributed by atoms with Crippen molar-refractivity contribution in [3.63, 3.8) is 0 Å². The molecular weight excluding hydrogens is 199 g/mol. The van der Waals surface area contributed by atoms with E-state index in [4.69, 9.17) is 0 Å². The summed E-state index contributed by atoms with van der Waals surface area (Å²) in [4.78, 5) is 0. The van der Waals surface area contributed by atoms with Crippen LogP contribution in [-0.4, -0.2) is 0 Å². The highest BCUT2D eigenvalue weighted by Gasteiger charge is 2.28. The lowest BCUT2D eigenvalue weighted by Gasteiger charge is -2.17. The molecule has 16 heavy (non-hydrogen) atoms. The van der Waals surface area contributed by atoms with Gasteiger partial charge in [-0.3, -0.25) is 0 Å². The highest BCUT2D eigenvalue weighted by atomic mass is 19.1. The van der Waals surface area contributed by atoms with Crippen LogP contribution in [0.4, 0.5) is 4.39 Å². The van der Waals surface area contributed by atoms with Crippen molar-refractivity contribution >= 4 is 0 Å². The molecule has 0 amide bonds. The molecule has 1 aromatic rings. The molecule has 3 rings (SSSR count). The number of allylic oxidation sites excluding steroid dienone is 6. The first-order valence-electron chi connectivity index (χ1n) is 5.67. The molecule has 0 fully saturated rings. The van der Waals surface area contributed by atoms with Gasteiger partial charge in [0, 0.05) is 5.92 Å². The van der Waals surface area contributed by atoms with Crippen molar-refractivity contribution in [2.75, 3.05) is 0 Å². The molecule has 1 aromatic carbocycles. The molecule has 1 atom stereocenters. The number of fused-ring (bicyclic) bond motifs is 1. The van der Waals surface area contributed by atoms with E-state index in [9.17, 15) is 4.39 Å². The molecule has 2 aliphatic carbocycles. The molecule has 0 saturated heterocycles. The molecule has 0 nitrogen and oxygen atoms in total. The molecule has 0 aliphatic heterocycles. The standard InChI is InChI=1S/C15H13F/c16-14-8-4-7-12-9-10-13(15(12)14)11-5-2-1-3-6-11/h1-6,8-9,13H,7,10H2. The maximum atomic E-state index is 13.8. The summed E-state index contributed by atoms with van der Waals surface area (Å²) in [6, 6.07) is 10.2. The lowest BCUT2D eigenvalue weighted by Crippen LogP contribution is -2.02. The van der Waals surface area contributed by atoms with E-state index in [1.54, 1.807) is 6.08 Å². The van der Waals surface area contributed by atoms with Crippen LogP contribution in [0.2, 0.25) is 0 Å². The molecule has 0 saturated carbocycles. The highest BCUT2D eigenvalue weighted by Crippen LogP contribution is 2.44. The molecule has 0 spiro atoms. The fourth-order valence-electron chi connectivity index (χ4n) is 2.59. The summed E-state index contributed by atoms with van der Waals surface area (Å²) >= 11 is 0. The van der Waals surface area contributed by atoms with E-state index in [-0.39, 0.29) is 11.7 Å². The van der Waals surface area contributed by atoms with Gasteiger partial charge in [-0.05, 0) is 35.6 Å². The maximum Gasteiger partial charge on any atom is 0.126 e. The zero-order valence-corrected chi connectivity index (χ0v) is 8.99. The zero-order chi connectivity index (χ0) is 11.0. The largest absolute Gasteiger partial charge is 0.207 e. The van der Waals surface area contributed by atoms with E-state index in [0.29, 0.717) is 0 Å². The van der Waals surface area contributed by atoms with Gasteiger partial charge in [0.05, 0.1) is 0 Å². The molecule has 0 N–H and O–H groups in total. The summed E-state index contributed by atoms with van der Waals surface area (Å²) in [7, 11) is 0. The summed E-state index contributed by atoms with van der Waals surface area (Å²) in [5, 5.41) is 0. The Morgan fingerprint density at radius 3 is 2.75 bits per heavy atom. The van der Waals surface area contributed by atoms with Gasteiger partial charge in [0.1, 0.15) is 5.83 Å². The SMILES string of the molecule is FC1=C2C(=CCC2c2ccccc2)CC=C1. The summed E-state index contributed by atoms with van der Waals surface area (Å²) < 4.78 is 13.8. The number of hydrogen-bond acceptors (Lipinski definition) is 0. The van der Waals surface area contributed by atoms with Crippen molar-refractivity contribution in [1.29, 1.82) is 0 Å². The van der Waals surface area contributed by atoms with Crippen LogP contribution in [0.15, 0.2) is 65.5 Å². The average molecular weight is 212 g/mol. The fourth-order valence-corrected chi connectivity index (χ4v) is 2.59. The third kappa shape index (κ3) is 1.44. The van der Waals surface area contributed by atoms with Crippen LogP contribution in [-0.2, 0) is 0 Å². The topological polar surface area (TPSA) is 0 Å². The van der Waals surface area contributed by atoms with Crippen LogP contribution in [0, 0.1) is 0 Å². The lowest BCUT2D eigenvalue weighted by molar-refractivity contribution is 0.635. The Bertz CT molecular complexity index is 491. The Labute approximate surface area is 94.8 Å². The van der Waals surface area contributed by atoms with E-state index in [1.165, 1.54) is 11.1 Å². The quantitative estimate of drug-likeness (QED) is 0.651. The summed E-state index contributed by atoms with van der Waals surface area (Å²) in [6.45, 7) is 0. The molecule has 80 valence electrons.